The number of hydrogen-bond donors (Lipinski definition) is 0. The molecule has 0 atom stereocenters. The maximum absolute atomic E-state index is 11.0. The van der Waals surface area contributed by atoms with Crippen molar-refractivity contribution in [3.05, 3.63) is 12.2 Å². The molecule has 0 aromatic heterocycles. The van der Waals surface area contributed by atoms with Gasteiger partial charge in [0.1, 0.15) is 0 Å². The van der Waals surface area contributed by atoms with Gasteiger partial charge in [0.2, 0.25) is 0 Å². The van der Waals surface area contributed by atoms with E-state index in [1.807, 2.05) is 13.0 Å². The number of rotatable bonds is 7. The largest absolute Gasteiger partial charge is 0.463 e. The third kappa shape index (κ3) is 8.18. The molecule has 0 heterocycles. The Morgan fingerprint density at radius 3 is 2.53 bits per heavy atom. The number of hydrogen-bond acceptors (Lipinski definition) is 3. The zero-order valence-corrected chi connectivity index (χ0v) is 10.3. The van der Waals surface area contributed by atoms with Gasteiger partial charge in [0.05, 0.1) is 6.61 Å². The number of carbonyl (C=O) groups excluding carboxylic acids is 1. The van der Waals surface area contributed by atoms with E-state index in [4.69, 9.17) is 4.74 Å². The van der Waals surface area contributed by atoms with Crippen molar-refractivity contribution in [2.45, 2.75) is 27.7 Å². The van der Waals surface area contributed by atoms with E-state index in [2.05, 4.69) is 25.7 Å². The summed E-state index contributed by atoms with van der Waals surface area (Å²) in [6.45, 7) is 11.6. The number of esters is 1. The van der Waals surface area contributed by atoms with Gasteiger partial charge in [-0.15, -0.1) is 0 Å². The fourth-order valence-electron chi connectivity index (χ4n) is 1.34. The molecule has 0 rings (SSSR count). The maximum atomic E-state index is 11.0. The second kappa shape index (κ2) is 8.48. The van der Waals surface area contributed by atoms with Crippen molar-refractivity contribution < 1.29 is 9.53 Å². The Morgan fingerprint density at radius 1 is 1.40 bits per heavy atom. The van der Waals surface area contributed by atoms with Crippen molar-refractivity contribution in [3.8, 4) is 0 Å². The molecule has 0 unspecified atom stereocenters. The lowest BCUT2D eigenvalue weighted by Gasteiger charge is -2.20. The van der Waals surface area contributed by atoms with Crippen molar-refractivity contribution in [3.63, 3.8) is 0 Å². The van der Waals surface area contributed by atoms with Crippen molar-refractivity contribution in [2.24, 2.45) is 5.92 Å². The summed E-state index contributed by atoms with van der Waals surface area (Å²) >= 11 is 0. The van der Waals surface area contributed by atoms with Crippen LogP contribution in [0.4, 0.5) is 0 Å². The number of carbonyl (C=O) groups is 1. The van der Waals surface area contributed by atoms with E-state index in [0.717, 1.165) is 19.6 Å². The molecule has 0 aliphatic rings. The Hall–Kier alpha value is -0.830. The van der Waals surface area contributed by atoms with Gasteiger partial charge in [-0.05, 0) is 19.4 Å². The number of nitrogens with zero attached hydrogens (tertiary/aromatic N) is 1. The van der Waals surface area contributed by atoms with Gasteiger partial charge < -0.3 is 4.74 Å². The lowest BCUT2D eigenvalue weighted by molar-refractivity contribution is -0.137. The van der Waals surface area contributed by atoms with E-state index in [0.29, 0.717) is 12.5 Å². The molecular weight excluding hydrogens is 190 g/mol. The minimum Gasteiger partial charge on any atom is -0.463 e. The van der Waals surface area contributed by atoms with Crippen molar-refractivity contribution in [1.29, 1.82) is 0 Å². The average molecular weight is 213 g/mol. The van der Waals surface area contributed by atoms with Gasteiger partial charge in [-0.25, -0.2) is 4.79 Å². The van der Waals surface area contributed by atoms with E-state index in [-0.39, 0.29) is 5.97 Å². The minimum atomic E-state index is -0.252. The zero-order chi connectivity index (χ0) is 11.7. The van der Waals surface area contributed by atoms with Crippen molar-refractivity contribution in [1.82, 2.24) is 4.90 Å². The Balaban J connectivity index is 3.83. The van der Waals surface area contributed by atoms with E-state index in [9.17, 15) is 4.79 Å². The molecule has 0 aliphatic carbocycles. The minimum absolute atomic E-state index is 0.252. The van der Waals surface area contributed by atoms with Crippen LogP contribution >= 0.6 is 0 Å². The Morgan fingerprint density at radius 2 is 2.07 bits per heavy atom. The maximum Gasteiger partial charge on any atom is 0.330 e. The van der Waals surface area contributed by atoms with Crippen LogP contribution in [0, 0.1) is 5.92 Å². The molecule has 15 heavy (non-hydrogen) atoms. The van der Waals surface area contributed by atoms with Crippen molar-refractivity contribution in [2.75, 3.05) is 26.2 Å². The van der Waals surface area contributed by atoms with E-state index < -0.39 is 0 Å². The summed E-state index contributed by atoms with van der Waals surface area (Å²) in [6.07, 6.45) is 3.37. The lowest BCUT2D eigenvalue weighted by Crippen LogP contribution is -2.27. The highest BCUT2D eigenvalue weighted by atomic mass is 16.5. The van der Waals surface area contributed by atoms with Gasteiger partial charge in [0, 0.05) is 19.2 Å². The Kier molecular flexibility index (Phi) is 8.01. The summed E-state index contributed by atoms with van der Waals surface area (Å²) in [4.78, 5) is 13.3. The topological polar surface area (TPSA) is 29.5 Å². The van der Waals surface area contributed by atoms with E-state index in [1.165, 1.54) is 6.08 Å². The van der Waals surface area contributed by atoms with Gasteiger partial charge >= 0.3 is 5.97 Å². The quantitative estimate of drug-likeness (QED) is 0.479. The second-order valence-corrected chi connectivity index (χ2v) is 3.90. The predicted molar refractivity (Wildman–Crippen MR) is 62.7 cm³/mol. The van der Waals surface area contributed by atoms with Gasteiger partial charge in [-0.1, -0.05) is 26.8 Å². The molecule has 88 valence electrons. The second-order valence-electron chi connectivity index (χ2n) is 3.90. The molecular formula is C12H23NO2. The van der Waals surface area contributed by atoms with Crippen LogP contribution in [0.3, 0.4) is 0 Å². The van der Waals surface area contributed by atoms with Crippen LogP contribution in [0.15, 0.2) is 12.2 Å². The highest BCUT2D eigenvalue weighted by Gasteiger charge is 2.02. The summed E-state index contributed by atoms with van der Waals surface area (Å²) in [5.74, 6) is 0.402. The predicted octanol–water partition coefficient (Wildman–Crippen LogP) is 2.08. The normalized spacial score (nSPS) is 11.6. The Labute approximate surface area is 93.1 Å². The summed E-state index contributed by atoms with van der Waals surface area (Å²) in [5.41, 5.74) is 0. The fraction of sp³-hybridized carbons (Fsp3) is 0.750. The molecule has 0 fully saturated rings. The molecule has 0 aromatic carbocycles. The van der Waals surface area contributed by atoms with Gasteiger partial charge in [-0.2, -0.15) is 0 Å². The molecule has 3 nitrogen and oxygen atoms in total. The summed E-state index contributed by atoms with van der Waals surface area (Å²) in [6, 6.07) is 0. The number of ether oxygens (including phenoxy) is 1. The average Bonchev–Trinajstić information content (AvgIpc) is 2.16. The summed E-state index contributed by atoms with van der Waals surface area (Å²) in [5, 5.41) is 0. The van der Waals surface area contributed by atoms with Crippen LogP contribution in [0.2, 0.25) is 0 Å². The lowest BCUT2D eigenvalue weighted by atomic mass is 10.2. The van der Waals surface area contributed by atoms with Crippen molar-refractivity contribution >= 4 is 5.97 Å². The van der Waals surface area contributed by atoms with Gasteiger partial charge in [0.25, 0.3) is 0 Å². The SMILES string of the molecule is CCOC(=O)/C=C/CN(CC)CC(C)C. The van der Waals surface area contributed by atoms with E-state index >= 15 is 0 Å². The fourth-order valence-corrected chi connectivity index (χ4v) is 1.34. The molecule has 0 amide bonds. The highest BCUT2D eigenvalue weighted by Crippen LogP contribution is 1.98. The van der Waals surface area contributed by atoms with Gasteiger partial charge in [-0.3, -0.25) is 4.90 Å². The smallest absolute Gasteiger partial charge is 0.330 e. The first kappa shape index (κ1) is 14.2. The molecule has 0 saturated carbocycles. The summed E-state index contributed by atoms with van der Waals surface area (Å²) in [7, 11) is 0. The third-order valence-corrected chi connectivity index (χ3v) is 1.97. The third-order valence-electron chi connectivity index (χ3n) is 1.97. The first-order valence-electron chi connectivity index (χ1n) is 5.65. The van der Waals surface area contributed by atoms with Crippen LogP contribution in [-0.2, 0) is 9.53 Å². The van der Waals surface area contributed by atoms with Gasteiger partial charge in [0.15, 0.2) is 0 Å². The number of likely N-dealkylation sites (N-methyl/N-ethyl adjacent to an activating group) is 1. The van der Waals surface area contributed by atoms with E-state index in [1.54, 1.807) is 0 Å². The molecule has 0 aliphatic heterocycles. The first-order valence-corrected chi connectivity index (χ1v) is 5.65. The molecule has 0 aromatic rings. The van der Waals surface area contributed by atoms with Crippen LogP contribution in [0.1, 0.15) is 27.7 Å². The first-order chi connectivity index (χ1) is 7.10. The monoisotopic (exact) mass is 213 g/mol. The highest BCUT2D eigenvalue weighted by molar-refractivity contribution is 5.81. The van der Waals surface area contributed by atoms with Crippen LogP contribution < -0.4 is 0 Å². The molecule has 0 spiro atoms. The molecule has 0 saturated heterocycles. The standard InChI is InChI=1S/C12H23NO2/c1-5-13(10-11(3)4)9-7-8-12(14)15-6-2/h7-8,11H,5-6,9-10H2,1-4H3/b8-7+. The molecule has 0 radical (unpaired) electrons. The molecule has 3 heteroatoms. The molecule has 0 bridgehead atoms. The van der Waals surface area contributed by atoms with Crippen LogP contribution in [-0.4, -0.2) is 37.1 Å². The van der Waals surface area contributed by atoms with Crippen LogP contribution in [0.25, 0.3) is 0 Å². The summed E-state index contributed by atoms with van der Waals surface area (Å²) < 4.78 is 4.79. The van der Waals surface area contributed by atoms with Crippen LogP contribution in [0.5, 0.6) is 0 Å². The zero-order valence-electron chi connectivity index (χ0n) is 10.3. The Bertz CT molecular complexity index is 200. The molecule has 0 N–H and O–H groups in total.